The molecule has 6 heteroatoms. The zero-order chi connectivity index (χ0) is 14.4. The van der Waals surface area contributed by atoms with Crippen molar-refractivity contribution in [2.24, 2.45) is 0 Å². The Hall–Kier alpha value is -2.08. The van der Waals surface area contributed by atoms with Gasteiger partial charge in [0.25, 0.3) is 5.69 Å². The van der Waals surface area contributed by atoms with Crippen LogP contribution in [0.5, 0.6) is 11.5 Å². The van der Waals surface area contributed by atoms with Gasteiger partial charge in [0.05, 0.1) is 4.92 Å². The van der Waals surface area contributed by atoms with Crippen LogP contribution in [-0.2, 0) is 0 Å². The summed E-state index contributed by atoms with van der Waals surface area (Å²) in [6, 6.07) is 13.5. The molecule has 0 aliphatic rings. The van der Waals surface area contributed by atoms with Crippen molar-refractivity contribution >= 4 is 21.6 Å². The van der Waals surface area contributed by atoms with E-state index >= 15 is 0 Å². The fraction of sp³-hybridized carbons (Fsp3) is 0.143. The smallest absolute Gasteiger partial charge is 0.269 e. The molecule has 2 rings (SSSR count). The van der Waals surface area contributed by atoms with Gasteiger partial charge in [-0.2, -0.15) is 0 Å². The number of benzene rings is 2. The van der Waals surface area contributed by atoms with Crippen molar-refractivity contribution in [3.63, 3.8) is 0 Å². The van der Waals surface area contributed by atoms with Gasteiger partial charge in [-0.1, -0.05) is 22.0 Å². The molecular formula is C14H12BrNO4. The SMILES string of the molecule is O=[N+]([O-])c1ccc(OCCOc2cccc(Br)c2)cc1. The van der Waals surface area contributed by atoms with E-state index in [0.717, 1.165) is 10.2 Å². The maximum Gasteiger partial charge on any atom is 0.269 e. The summed E-state index contributed by atoms with van der Waals surface area (Å²) in [5.41, 5.74) is 0.0442. The first kappa shape index (κ1) is 14.3. The van der Waals surface area contributed by atoms with Crippen molar-refractivity contribution in [2.45, 2.75) is 0 Å². The summed E-state index contributed by atoms with van der Waals surface area (Å²) in [6.45, 7) is 0.762. The van der Waals surface area contributed by atoms with E-state index in [0.29, 0.717) is 19.0 Å². The van der Waals surface area contributed by atoms with E-state index in [1.807, 2.05) is 24.3 Å². The lowest BCUT2D eigenvalue weighted by atomic mass is 10.3. The topological polar surface area (TPSA) is 61.6 Å². The van der Waals surface area contributed by atoms with E-state index in [9.17, 15) is 10.1 Å². The molecule has 0 unspecified atom stereocenters. The molecule has 20 heavy (non-hydrogen) atoms. The van der Waals surface area contributed by atoms with Crippen LogP contribution in [0.1, 0.15) is 0 Å². The highest BCUT2D eigenvalue weighted by Crippen LogP contribution is 2.19. The van der Waals surface area contributed by atoms with Crippen LogP contribution in [0.2, 0.25) is 0 Å². The van der Waals surface area contributed by atoms with Crippen LogP contribution >= 0.6 is 15.9 Å². The molecule has 0 aliphatic heterocycles. The minimum Gasteiger partial charge on any atom is -0.490 e. The standard InChI is InChI=1S/C14H12BrNO4/c15-11-2-1-3-14(10-11)20-9-8-19-13-6-4-12(5-7-13)16(17)18/h1-7,10H,8-9H2. The Bertz CT molecular complexity index is 586. The molecule has 0 amide bonds. The highest BCUT2D eigenvalue weighted by Gasteiger charge is 2.04. The van der Waals surface area contributed by atoms with E-state index in [1.54, 1.807) is 12.1 Å². The lowest BCUT2D eigenvalue weighted by molar-refractivity contribution is -0.384. The number of hydrogen-bond acceptors (Lipinski definition) is 4. The molecule has 5 nitrogen and oxygen atoms in total. The molecule has 0 saturated carbocycles. The molecule has 104 valence electrons. The first-order valence-corrected chi connectivity index (χ1v) is 6.70. The fourth-order valence-electron chi connectivity index (χ4n) is 1.54. The lowest BCUT2D eigenvalue weighted by Crippen LogP contribution is -2.08. The average Bonchev–Trinajstić information content (AvgIpc) is 2.44. The summed E-state index contributed by atoms with van der Waals surface area (Å²) in [5.74, 6) is 1.33. The molecule has 0 heterocycles. The van der Waals surface area contributed by atoms with Gasteiger partial charge in [-0.25, -0.2) is 0 Å². The van der Waals surface area contributed by atoms with Crippen LogP contribution in [0, 0.1) is 10.1 Å². The molecule has 2 aromatic rings. The van der Waals surface area contributed by atoms with Crippen LogP contribution in [0.3, 0.4) is 0 Å². The van der Waals surface area contributed by atoms with Crippen LogP contribution in [0.25, 0.3) is 0 Å². The van der Waals surface area contributed by atoms with Crippen molar-refractivity contribution < 1.29 is 14.4 Å². The number of nitrogens with zero attached hydrogens (tertiary/aromatic N) is 1. The van der Waals surface area contributed by atoms with Gasteiger partial charge in [-0.15, -0.1) is 0 Å². The van der Waals surface area contributed by atoms with E-state index in [1.165, 1.54) is 12.1 Å². The van der Waals surface area contributed by atoms with E-state index < -0.39 is 4.92 Å². The van der Waals surface area contributed by atoms with Crippen molar-refractivity contribution in [1.82, 2.24) is 0 Å². The van der Waals surface area contributed by atoms with Gasteiger partial charge < -0.3 is 9.47 Å². The monoisotopic (exact) mass is 337 g/mol. The summed E-state index contributed by atoms with van der Waals surface area (Å²) >= 11 is 3.36. The molecule has 0 bridgehead atoms. The largest absolute Gasteiger partial charge is 0.490 e. The van der Waals surface area contributed by atoms with E-state index in [4.69, 9.17) is 9.47 Å². The Morgan fingerprint density at radius 2 is 1.65 bits per heavy atom. The Labute approximate surface area is 124 Å². The van der Waals surface area contributed by atoms with Gasteiger partial charge in [0.2, 0.25) is 0 Å². The third-order valence-electron chi connectivity index (χ3n) is 2.46. The predicted octanol–water partition coefficient (Wildman–Crippen LogP) is 3.82. The lowest BCUT2D eigenvalue weighted by Gasteiger charge is -2.08. The normalized spacial score (nSPS) is 10.1. The number of rotatable bonds is 6. The first-order valence-electron chi connectivity index (χ1n) is 5.91. The zero-order valence-corrected chi connectivity index (χ0v) is 12.1. The second kappa shape index (κ2) is 6.91. The molecule has 0 atom stereocenters. The molecule has 0 N–H and O–H groups in total. The predicted molar refractivity (Wildman–Crippen MR) is 78.2 cm³/mol. The number of non-ortho nitro benzene ring substituents is 1. The van der Waals surface area contributed by atoms with Crippen LogP contribution < -0.4 is 9.47 Å². The summed E-state index contributed by atoms with van der Waals surface area (Å²) in [6.07, 6.45) is 0. The Morgan fingerprint density at radius 3 is 2.25 bits per heavy atom. The van der Waals surface area contributed by atoms with Gasteiger partial charge in [0.15, 0.2) is 0 Å². The van der Waals surface area contributed by atoms with Crippen molar-refractivity contribution in [2.75, 3.05) is 13.2 Å². The third-order valence-corrected chi connectivity index (χ3v) is 2.96. The molecule has 2 aromatic carbocycles. The molecule has 0 spiro atoms. The van der Waals surface area contributed by atoms with Crippen molar-refractivity contribution in [3.8, 4) is 11.5 Å². The minimum absolute atomic E-state index is 0.0442. The maximum absolute atomic E-state index is 10.5. The van der Waals surface area contributed by atoms with E-state index in [-0.39, 0.29) is 5.69 Å². The van der Waals surface area contributed by atoms with Crippen molar-refractivity contribution in [1.29, 1.82) is 0 Å². The second-order valence-electron chi connectivity index (χ2n) is 3.91. The Balaban J connectivity index is 1.77. The third kappa shape index (κ3) is 4.24. The number of nitro benzene ring substituents is 1. The number of halogens is 1. The van der Waals surface area contributed by atoms with Gasteiger partial charge in [0, 0.05) is 16.6 Å². The van der Waals surface area contributed by atoms with E-state index in [2.05, 4.69) is 15.9 Å². The zero-order valence-electron chi connectivity index (χ0n) is 10.5. The quantitative estimate of drug-likeness (QED) is 0.456. The molecular weight excluding hydrogens is 326 g/mol. The first-order chi connectivity index (χ1) is 9.65. The number of nitro groups is 1. The van der Waals surface area contributed by atoms with Crippen molar-refractivity contribution in [3.05, 3.63) is 63.1 Å². The minimum atomic E-state index is -0.444. The highest BCUT2D eigenvalue weighted by atomic mass is 79.9. The van der Waals surface area contributed by atoms with Crippen LogP contribution in [-0.4, -0.2) is 18.1 Å². The van der Waals surface area contributed by atoms with Gasteiger partial charge in [0.1, 0.15) is 24.7 Å². The Kier molecular flexibility index (Phi) is 4.95. The fourth-order valence-corrected chi connectivity index (χ4v) is 1.92. The van der Waals surface area contributed by atoms with Gasteiger partial charge >= 0.3 is 0 Å². The summed E-state index contributed by atoms with van der Waals surface area (Å²) in [4.78, 5) is 10.1. The summed E-state index contributed by atoms with van der Waals surface area (Å²) in [7, 11) is 0. The number of hydrogen-bond donors (Lipinski definition) is 0. The maximum atomic E-state index is 10.5. The molecule has 0 saturated heterocycles. The average molecular weight is 338 g/mol. The number of ether oxygens (including phenoxy) is 2. The summed E-state index contributed by atoms with van der Waals surface area (Å²) < 4.78 is 11.9. The molecule has 0 fully saturated rings. The Morgan fingerprint density at radius 1 is 1.00 bits per heavy atom. The van der Waals surface area contributed by atoms with Crippen LogP contribution in [0.15, 0.2) is 53.0 Å². The highest BCUT2D eigenvalue weighted by molar-refractivity contribution is 9.10. The summed E-state index contributed by atoms with van der Waals surface area (Å²) in [5, 5.41) is 10.5. The molecule has 0 aromatic heterocycles. The van der Waals surface area contributed by atoms with Gasteiger partial charge in [-0.05, 0) is 30.3 Å². The molecule has 0 radical (unpaired) electrons. The van der Waals surface area contributed by atoms with Crippen LogP contribution in [0.4, 0.5) is 5.69 Å². The van der Waals surface area contributed by atoms with Gasteiger partial charge in [-0.3, -0.25) is 10.1 Å². The molecule has 0 aliphatic carbocycles. The second-order valence-corrected chi connectivity index (χ2v) is 4.82.